The van der Waals surface area contributed by atoms with Crippen LogP contribution in [-0.2, 0) is 11.2 Å². The van der Waals surface area contributed by atoms with Gasteiger partial charge in [-0.2, -0.15) is 0 Å². The molecule has 2 aromatic carbocycles. The number of aliphatic carboxylic acids is 1. The van der Waals surface area contributed by atoms with E-state index in [0.717, 1.165) is 11.3 Å². The highest BCUT2D eigenvalue weighted by molar-refractivity contribution is 7.16. The predicted octanol–water partition coefficient (Wildman–Crippen LogP) is 5.89. The lowest BCUT2D eigenvalue weighted by Gasteiger charge is -2.05. The zero-order valence-electron chi connectivity index (χ0n) is 14.3. The number of hydrogen-bond acceptors (Lipinski definition) is 5. The van der Waals surface area contributed by atoms with Crippen LogP contribution in [-0.4, -0.2) is 22.7 Å². The number of carboxylic acids is 1. The van der Waals surface area contributed by atoms with Crippen LogP contribution in [0.2, 0.25) is 10.0 Å². The summed E-state index contributed by atoms with van der Waals surface area (Å²) in [5.74, 6) is -0.161. The molecule has 0 aliphatic carbocycles. The molecule has 3 aromatic rings. The van der Waals surface area contributed by atoms with Crippen molar-refractivity contribution in [2.24, 2.45) is 0 Å². The monoisotopic (exact) mass is 422 g/mol. The van der Waals surface area contributed by atoms with Gasteiger partial charge < -0.3 is 15.2 Å². The van der Waals surface area contributed by atoms with Crippen molar-refractivity contribution in [3.05, 3.63) is 57.4 Å². The zero-order chi connectivity index (χ0) is 19.4. The summed E-state index contributed by atoms with van der Waals surface area (Å²) in [5.41, 5.74) is 2.13. The van der Waals surface area contributed by atoms with Gasteiger partial charge in [0.1, 0.15) is 5.75 Å². The molecule has 0 fully saturated rings. The average Bonchev–Trinajstić information content (AvgIpc) is 2.96. The van der Waals surface area contributed by atoms with Crippen molar-refractivity contribution in [1.82, 2.24) is 4.98 Å². The highest BCUT2D eigenvalue weighted by Crippen LogP contribution is 2.35. The van der Waals surface area contributed by atoms with Gasteiger partial charge in [-0.25, -0.2) is 4.98 Å². The molecule has 0 saturated carbocycles. The van der Waals surface area contributed by atoms with Gasteiger partial charge in [0.2, 0.25) is 0 Å². The smallest absolute Gasteiger partial charge is 0.308 e. The molecular formula is C19H16Cl2N2O3S. The summed E-state index contributed by atoms with van der Waals surface area (Å²) < 4.78 is 5.45. The number of carboxylic acid groups (broad SMARTS) is 1. The van der Waals surface area contributed by atoms with E-state index in [1.165, 1.54) is 11.3 Å². The fourth-order valence-electron chi connectivity index (χ4n) is 2.51. The Hall–Kier alpha value is -2.28. The Morgan fingerprint density at radius 2 is 1.85 bits per heavy atom. The minimum atomic E-state index is -0.914. The third-order valence-electron chi connectivity index (χ3n) is 3.56. The zero-order valence-corrected chi connectivity index (χ0v) is 16.7. The van der Waals surface area contributed by atoms with Crippen molar-refractivity contribution in [1.29, 1.82) is 0 Å². The lowest BCUT2D eigenvalue weighted by atomic mass is 10.1. The molecule has 0 aliphatic heterocycles. The number of benzene rings is 2. The molecule has 8 heteroatoms. The maximum atomic E-state index is 11.3. The maximum absolute atomic E-state index is 11.3. The fraction of sp³-hybridized carbons (Fsp3) is 0.158. The molecule has 2 N–H and O–H groups in total. The molecule has 0 saturated heterocycles. The Bertz CT molecular complexity index is 938. The third kappa shape index (κ3) is 5.13. The molecule has 0 atom stereocenters. The number of halogens is 2. The van der Waals surface area contributed by atoms with Crippen molar-refractivity contribution >= 4 is 51.3 Å². The molecular weight excluding hydrogens is 407 g/mol. The first-order valence-corrected chi connectivity index (χ1v) is 9.69. The standard InChI is InChI=1S/C19H16Cl2N2O3S/c1-2-26-15-5-3-11(4-6-15)18-16(10-17(24)25)27-19(23-18)22-14-8-12(20)7-13(21)9-14/h3-9H,2,10H2,1H3,(H,22,23)(H,24,25). The van der Waals surface area contributed by atoms with Crippen LogP contribution in [0.5, 0.6) is 5.75 Å². The number of anilines is 2. The molecule has 0 bridgehead atoms. The Labute approximate surface area is 170 Å². The van der Waals surface area contributed by atoms with Crippen LogP contribution in [0.25, 0.3) is 11.3 Å². The summed E-state index contributed by atoms with van der Waals surface area (Å²) in [6.07, 6.45) is -0.113. The lowest BCUT2D eigenvalue weighted by Crippen LogP contribution is -1.99. The number of aromatic nitrogens is 1. The van der Waals surface area contributed by atoms with Gasteiger partial charge in [-0.15, -0.1) is 11.3 Å². The van der Waals surface area contributed by atoms with Gasteiger partial charge in [0.05, 0.1) is 18.7 Å². The quantitative estimate of drug-likeness (QED) is 0.496. The summed E-state index contributed by atoms with van der Waals surface area (Å²) in [5, 5.41) is 13.9. The summed E-state index contributed by atoms with van der Waals surface area (Å²) in [7, 11) is 0. The Balaban J connectivity index is 1.93. The lowest BCUT2D eigenvalue weighted by molar-refractivity contribution is -0.136. The Morgan fingerprint density at radius 3 is 2.44 bits per heavy atom. The van der Waals surface area contributed by atoms with Crippen molar-refractivity contribution < 1.29 is 14.6 Å². The van der Waals surface area contributed by atoms with Gasteiger partial charge in [0.15, 0.2) is 5.13 Å². The predicted molar refractivity (Wildman–Crippen MR) is 110 cm³/mol. The Morgan fingerprint density at radius 1 is 1.19 bits per heavy atom. The van der Waals surface area contributed by atoms with Crippen LogP contribution >= 0.6 is 34.5 Å². The van der Waals surface area contributed by atoms with Gasteiger partial charge in [0, 0.05) is 26.2 Å². The van der Waals surface area contributed by atoms with E-state index in [1.54, 1.807) is 18.2 Å². The number of nitrogens with zero attached hydrogens (tertiary/aromatic N) is 1. The molecule has 0 amide bonds. The molecule has 0 aliphatic rings. The van der Waals surface area contributed by atoms with E-state index >= 15 is 0 Å². The minimum Gasteiger partial charge on any atom is -0.494 e. The van der Waals surface area contributed by atoms with E-state index in [-0.39, 0.29) is 6.42 Å². The number of carbonyl (C=O) groups is 1. The second-order valence-electron chi connectivity index (χ2n) is 5.60. The van der Waals surface area contributed by atoms with Gasteiger partial charge in [0.25, 0.3) is 0 Å². The van der Waals surface area contributed by atoms with E-state index < -0.39 is 5.97 Å². The molecule has 27 heavy (non-hydrogen) atoms. The van der Waals surface area contributed by atoms with Gasteiger partial charge in [-0.1, -0.05) is 23.2 Å². The average molecular weight is 423 g/mol. The normalized spacial score (nSPS) is 10.6. The number of nitrogens with one attached hydrogen (secondary N) is 1. The van der Waals surface area contributed by atoms with E-state index in [2.05, 4.69) is 10.3 Å². The first kappa shape index (κ1) is 19.5. The second-order valence-corrected chi connectivity index (χ2v) is 7.56. The van der Waals surface area contributed by atoms with Crippen molar-refractivity contribution in [3.63, 3.8) is 0 Å². The van der Waals surface area contributed by atoms with Gasteiger partial charge in [-0.3, -0.25) is 4.79 Å². The van der Waals surface area contributed by atoms with Crippen LogP contribution in [0.3, 0.4) is 0 Å². The molecule has 0 unspecified atom stereocenters. The molecule has 5 nitrogen and oxygen atoms in total. The van der Waals surface area contributed by atoms with Crippen LogP contribution < -0.4 is 10.1 Å². The molecule has 1 aromatic heterocycles. The largest absolute Gasteiger partial charge is 0.494 e. The topological polar surface area (TPSA) is 71.5 Å². The Kier molecular flexibility index (Phi) is 6.21. The third-order valence-corrected chi connectivity index (χ3v) is 4.97. The number of thiazole rings is 1. The summed E-state index contributed by atoms with van der Waals surface area (Å²) >= 11 is 13.3. The summed E-state index contributed by atoms with van der Waals surface area (Å²) in [6.45, 7) is 2.50. The molecule has 1 heterocycles. The number of rotatable bonds is 7. The van der Waals surface area contributed by atoms with Gasteiger partial charge >= 0.3 is 5.97 Å². The molecule has 140 valence electrons. The van der Waals surface area contributed by atoms with Crippen LogP contribution in [0.15, 0.2) is 42.5 Å². The van der Waals surface area contributed by atoms with Gasteiger partial charge in [-0.05, 0) is 49.4 Å². The molecule has 0 radical (unpaired) electrons. The van der Waals surface area contributed by atoms with Crippen LogP contribution in [0.1, 0.15) is 11.8 Å². The van der Waals surface area contributed by atoms with Crippen molar-refractivity contribution in [3.8, 4) is 17.0 Å². The molecule has 3 rings (SSSR count). The van der Waals surface area contributed by atoms with E-state index in [1.807, 2.05) is 31.2 Å². The summed E-state index contributed by atoms with van der Waals surface area (Å²) in [4.78, 5) is 16.5. The van der Waals surface area contributed by atoms with Crippen molar-refractivity contribution in [2.45, 2.75) is 13.3 Å². The maximum Gasteiger partial charge on any atom is 0.308 e. The first-order valence-electron chi connectivity index (χ1n) is 8.12. The highest BCUT2D eigenvalue weighted by atomic mass is 35.5. The number of ether oxygens (including phenoxy) is 1. The van der Waals surface area contributed by atoms with Crippen LogP contribution in [0, 0.1) is 0 Å². The van der Waals surface area contributed by atoms with E-state index in [0.29, 0.717) is 38.0 Å². The van der Waals surface area contributed by atoms with Crippen LogP contribution in [0.4, 0.5) is 10.8 Å². The first-order chi connectivity index (χ1) is 12.9. The number of hydrogen-bond donors (Lipinski definition) is 2. The van der Waals surface area contributed by atoms with Crippen molar-refractivity contribution in [2.75, 3.05) is 11.9 Å². The SMILES string of the molecule is CCOc1ccc(-c2nc(Nc3cc(Cl)cc(Cl)c3)sc2CC(=O)O)cc1. The van der Waals surface area contributed by atoms with E-state index in [4.69, 9.17) is 27.9 Å². The molecule has 0 spiro atoms. The fourth-order valence-corrected chi connectivity index (χ4v) is 4.03. The second kappa shape index (κ2) is 8.61. The van der Waals surface area contributed by atoms with E-state index in [9.17, 15) is 9.90 Å². The highest BCUT2D eigenvalue weighted by Gasteiger charge is 2.16. The minimum absolute atomic E-state index is 0.113. The summed E-state index contributed by atoms with van der Waals surface area (Å²) in [6, 6.07) is 12.5.